The molecule has 0 radical (unpaired) electrons. The average Bonchev–Trinajstić information content (AvgIpc) is 3.14. The minimum atomic E-state index is -4.73. The Labute approximate surface area is 184 Å². The summed E-state index contributed by atoms with van der Waals surface area (Å²) in [6, 6.07) is 6.33. The van der Waals surface area contributed by atoms with Crippen molar-refractivity contribution in [3.05, 3.63) is 45.1 Å². The van der Waals surface area contributed by atoms with E-state index in [2.05, 4.69) is 10.6 Å². The third kappa shape index (κ3) is 5.96. The Balaban J connectivity index is 1.63. The molecule has 2 heterocycles. The number of morpholine rings is 1. The molecule has 166 valence electrons. The number of halogens is 4. The summed E-state index contributed by atoms with van der Waals surface area (Å²) in [5.74, 6) is -1.55. The molecule has 7 nitrogen and oxygen atoms in total. The summed E-state index contributed by atoms with van der Waals surface area (Å²) in [5.41, 5.74) is -1.40. The largest absolute Gasteiger partial charge is 0.418 e. The lowest BCUT2D eigenvalue weighted by atomic mass is 10.1. The highest BCUT2D eigenvalue weighted by atomic mass is 35.5. The molecular formula is C19H17ClF3N3O4S. The number of amides is 3. The molecule has 31 heavy (non-hydrogen) atoms. The van der Waals surface area contributed by atoms with E-state index in [1.807, 2.05) is 0 Å². The molecule has 0 saturated carbocycles. The summed E-state index contributed by atoms with van der Waals surface area (Å²) in [4.78, 5) is 37.3. The molecule has 2 aromatic rings. The van der Waals surface area contributed by atoms with Crippen molar-refractivity contribution in [3.63, 3.8) is 0 Å². The predicted molar refractivity (Wildman–Crippen MR) is 110 cm³/mol. The van der Waals surface area contributed by atoms with Gasteiger partial charge in [-0.25, -0.2) is 0 Å². The molecule has 1 aromatic heterocycles. The van der Waals surface area contributed by atoms with Crippen molar-refractivity contribution in [1.29, 1.82) is 0 Å². The second-order valence-corrected chi connectivity index (χ2v) is 8.20. The second-order valence-electron chi connectivity index (χ2n) is 6.49. The van der Waals surface area contributed by atoms with Crippen LogP contribution in [0.25, 0.3) is 0 Å². The van der Waals surface area contributed by atoms with Crippen molar-refractivity contribution < 1.29 is 32.3 Å². The van der Waals surface area contributed by atoms with E-state index in [1.54, 1.807) is 12.1 Å². The van der Waals surface area contributed by atoms with Gasteiger partial charge in [0.1, 0.15) is 6.61 Å². The fraction of sp³-hybridized carbons (Fsp3) is 0.316. The van der Waals surface area contributed by atoms with Gasteiger partial charge in [0, 0.05) is 25.2 Å². The lowest BCUT2D eigenvalue weighted by Crippen LogP contribution is -2.42. The fourth-order valence-electron chi connectivity index (χ4n) is 2.89. The third-order valence-corrected chi connectivity index (χ3v) is 5.53. The Kier molecular flexibility index (Phi) is 7.19. The van der Waals surface area contributed by atoms with Crippen LogP contribution in [0, 0.1) is 0 Å². The van der Waals surface area contributed by atoms with Crippen LogP contribution in [-0.2, 0) is 20.5 Å². The number of alkyl halides is 3. The number of nitrogens with one attached hydrogen (secondary N) is 2. The van der Waals surface area contributed by atoms with Gasteiger partial charge in [0.15, 0.2) is 0 Å². The number of hydrogen-bond donors (Lipinski definition) is 2. The van der Waals surface area contributed by atoms with Crippen molar-refractivity contribution in [1.82, 2.24) is 5.32 Å². The lowest BCUT2D eigenvalue weighted by Gasteiger charge is -2.29. The zero-order valence-corrected chi connectivity index (χ0v) is 17.5. The Bertz CT molecular complexity index is 996. The number of hydrogen-bond acceptors (Lipinski definition) is 5. The van der Waals surface area contributed by atoms with Gasteiger partial charge in [-0.3, -0.25) is 14.4 Å². The minimum absolute atomic E-state index is 0.00275. The number of ether oxygens (including phenoxy) is 1. The van der Waals surface area contributed by atoms with Crippen molar-refractivity contribution in [2.24, 2.45) is 0 Å². The molecule has 12 heteroatoms. The van der Waals surface area contributed by atoms with Crippen molar-refractivity contribution in [2.75, 3.05) is 36.5 Å². The SMILES string of the molecule is O=C(CCNC(=O)c1ccc(Cl)s1)Nc1ccc(N2CCOCC2=O)c(C(F)(F)F)c1. The summed E-state index contributed by atoms with van der Waals surface area (Å²) in [6.45, 7) is -0.167. The molecule has 1 aromatic carbocycles. The molecule has 2 N–H and O–H groups in total. The van der Waals surface area contributed by atoms with E-state index in [4.69, 9.17) is 16.3 Å². The van der Waals surface area contributed by atoms with E-state index in [0.29, 0.717) is 9.21 Å². The predicted octanol–water partition coefficient (Wildman–Crippen LogP) is 3.54. The van der Waals surface area contributed by atoms with Crippen molar-refractivity contribution >= 4 is 52.0 Å². The van der Waals surface area contributed by atoms with E-state index >= 15 is 0 Å². The first-order chi connectivity index (χ1) is 14.6. The Morgan fingerprint density at radius 3 is 2.65 bits per heavy atom. The molecule has 3 amide bonds. The molecule has 1 aliphatic heterocycles. The molecule has 0 spiro atoms. The maximum absolute atomic E-state index is 13.6. The second kappa shape index (κ2) is 9.67. The van der Waals surface area contributed by atoms with Gasteiger partial charge < -0.3 is 20.3 Å². The van der Waals surface area contributed by atoms with Gasteiger partial charge >= 0.3 is 6.18 Å². The Hall–Kier alpha value is -2.63. The molecule has 1 saturated heterocycles. The number of carbonyl (C=O) groups excluding carboxylic acids is 3. The van der Waals surface area contributed by atoms with E-state index in [0.717, 1.165) is 28.4 Å². The van der Waals surface area contributed by atoms with E-state index in [1.165, 1.54) is 6.07 Å². The van der Waals surface area contributed by atoms with Crippen LogP contribution in [0.5, 0.6) is 0 Å². The standard InChI is InChI=1S/C19H17ClF3N3O4S/c20-15-4-3-14(31-15)18(29)24-6-5-16(27)25-11-1-2-13(12(9-11)19(21,22)23)26-7-8-30-10-17(26)28/h1-4,9H,5-8,10H2,(H,24,29)(H,25,27). The molecule has 1 fully saturated rings. The first-order valence-electron chi connectivity index (χ1n) is 9.08. The van der Waals surface area contributed by atoms with Crippen LogP contribution in [-0.4, -0.2) is 44.0 Å². The van der Waals surface area contributed by atoms with E-state index in [9.17, 15) is 27.6 Å². The maximum atomic E-state index is 13.6. The highest BCUT2D eigenvalue weighted by molar-refractivity contribution is 7.18. The molecule has 3 rings (SSSR count). The molecule has 1 aliphatic rings. The molecule has 0 atom stereocenters. The van der Waals surface area contributed by atoms with Gasteiger partial charge in [-0.2, -0.15) is 13.2 Å². The van der Waals surface area contributed by atoms with Crippen LogP contribution in [0.2, 0.25) is 4.34 Å². The topological polar surface area (TPSA) is 87.7 Å². The Morgan fingerprint density at radius 2 is 2.00 bits per heavy atom. The van der Waals surface area contributed by atoms with Crippen molar-refractivity contribution in [3.8, 4) is 0 Å². The Morgan fingerprint density at radius 1 is 1.23 bits per heavy atom. The first-order valence-corrected chi connectivity index (χ1v) is 10.3. The zero-order valence-electron chi connectivity index (χ0n) is 15.9. The van der Waals surface area contributed by atoms with Gasteiger partial charge in [-0.05, 0) is 30.3 Å². The van der Waals surface area contributed by atoms with Crippen LogP contribution in [0.3, 0.4) is 0 Å². The first kappa shape index (κ1) is 23.0. The van der Waals surface area contributed by atoms with Crippen LogP contribution in [0.1, 0.15) is 21.7 Å². The number of anilines is 2. The highest BCUT2D eigenvalue weighted by Gasteiger charge is 2.37. The molecule has 0 aliphatic carbocycles. The van der Waals surface area contributed by atoms with E-state index in [-0.39, 0.29) is 44.1 Å². The number of benzene rings is 1. The summed E-state index contributed by atoms with van der Waals surface area (Å²) < 4.78 is 46.1. The quantitative estimate of drug-likeness (QED) is 0.669. The maximum Gasteiger partial charge on any atom is 0.418 e. The summed E-state index contributed by atoms with van der Waals surface area (Å²) >= 11 is 6.84. The van der Waals surface area contributed by atoms with Gasteiger partial charge in [0.2, 0.25) is 5.91 Å². The molecular weight excluding hydrogens is 459 g/mol. The van der Waals surface area contributed by atoms with Crippen LogP contribution < -0.4 is 15.5 Å². The van der Waals surface area contributed by atoms with Crippen LogP contribution in [0.15, 0.2) is 30.3 Å². The third-order valence-electron chi connectivity index (χ3n) is 4.30. The van der Waals surface area contributed by atoms with E-state index < -0.39 is 29.5 Å². The van der Waals surface area contributed by atoms with Crippen molar-refractivity contribution in [2.45, 2.75) is 12.6 Å². The highest BCUT2D eigenvalue weighted by Crippen LogP contribution is 2.38. The summed E-state index contributed by atoms with van der Waals surface area (Å²) in [5, 5.41) is 4.91. The molecule has 0 unspecified atom stereocenters. The number of thiophene rings is 1. The van der Waals surface area contributed by atoms with Gasteiger partial charge in [0.05, 0.1) is 27.1 Å². The minimum Gasteiger partial charge on any atom is -0.370 e. The van der Waals surface area contributed by atoms with Gasteiger partial charge in [-0.15, -0.1) is 11.3 Å². The number of rotatable bonds is 6. The van der Waals surface area contributed by atoms with Gasteiger partial charge in [-0.1, -0.05) is 11.6 Å². The monoisotopic (exact) mass is 475 g/mol. The van der Waals surface area contributed by atoms with Crippen LogP contribution >= 0.6 is 22.9 Å². The summed E-state index contributed by atoms with van der Waals surface area (Å²) in [6.07, 6.45) is -4.87. The van der Waals surface area contributed by atoms with Gasteiger partial charge in [0.25, 0.3) is 11.8 Å². The normalized spacial score (nSPS) is 14.5. The molecule has 0 bridgehead atoms. The van der Waals surface area contributed by atoms with Crippen LogP contribution in [0.4, 0.5) is 24.5 Å². The zero-order chi connectivity index (χ0) is 22.6. The summed E-state index contributed by atoms with van der Waals surface area (Å²) in [7, 11) is 0. The number of nitrogens with zero attached hydrogens (tertiary/aromatic N) is 1. The smallest absolute Gasteiger partial charge is 0.370 e. The fourth-order valence-corrected chi connectivity index (χ4v) is 3.84. The lowest BCUT2D eigenvalue weighted by molar-refractivity contribution is -0.137. The average molecular weight is 476 g/mol. The number of carbonyl (C=O) groups is 3.